The first-order chi connectivity index (χ1) is 13.5. The molecule has 3 rings (SSSR count). The van der Waals surface area contributed by atoms with Gasteiger partial charge in [0, 0.05) is 19.2 Å². The Morgan fingerprint density at radius 3 is 2.71 bits per heavy atom. The standard InChI is InChI=1S/C19H18FN5O2S/c1-13(26)23-16-3-2-4-17(9-16)25-12-22-24-19(25)28-11-18(27)21-10-14-5-7-15(20)8-6-14/h2-9,12H,10-11H2,1H3,(H,21,27)(H,23,26). The van der Waals surface area contributed by atoms with Crippen molar-refractivity contribution >= 4 is 29.3 Å². The number of amides is 2. The predicted octanol–water partition coefficient (Wildman–Crippen LogP) is 2.77. The number of nitrogens with zero attached hydrogens (tertiary/aromatic N) is 3. The van der Waals surface area contributed by atoms with E-state index in [4.69, 9.17) is 0 Å². The van der Waals surface area contributed by atoms with Gasteiger partial charge in [-0.1, -0.05) is 30.0 Å². The van der Waals surface area contributed by atoms with Gasteiger partial charge in [-0.05, 0) is 35.9 Å². The molecule has 0 aliphatic carbocycles. The molecule has 2 N–H and O–H groups in total. The topological polar surface area (TPSA) is 88.9 Å². The quantitative estimate of drug-likeness (QED) is 0.597. The van der Waals surface area contributed by atoms with E-state index >= 15 is 0 Å². The molecule has 1 heterocycles. The third-order valence-electron chi connectivity index (χ3n) is 3.70. The van der Waals surface area contributed by atoms with Crippen molar-refractivity contribution in [2.24, 2.45) is 0 Å². The van der Waals surface area contributed by atoms with E-state index in [2.05, 4.69) is 20.8 Å². The smallest absolute Gasteiger partial charge is 0.230 e. The second-order valence-electron chi connectivity index (χ2n) is 5.91. The van der Waals surface area contributed by atoms with Gasteiger partial charge in [-0.15, -0.1) is 10.2 Å². The van der Waals surface area contributed by atoms with Crippen LogP contribution in [0.3, 0.4) is 0 Å². The fourth-order valence-corrected chi connectivity index (χ4v) is 3.18. The van der Waals surface area contributed by atoms with Gasteiger partial charge in [0.2, 0.25) is 11.8 Å². The number of anilines is 1. The molecule has 0 unspecified atom stereocenters. The molecule has 0 saturated carbocycles. The van der Waals surface area contributed by atoms with Gasteiger partial charge >= 0.3 is 0 Å². The Bertz CT molecular complexity index is 974. The second kappa shape index (κ2) is 9.14. The van der Waals surface area contributed by atoms with Crippen LogP contribution < -0.4 is 10.6 Å². The fraction of sp³-hybridized carbons (Fsp3) is 0.158. The molecule has 1 aromatic heterocycles. The Kier molecular flexibility index (Phi) is 6.38. The molecule has 0 aliphatic heterocycles. The zero-order valence-electron chi connectivity index (χ0n) is 15.1. The van der Waals surface area contributed by atoms with Crippen molar-refractivity contribution in [2.75, 3.05) is 11.1 Å². The van der Waals surface area contributed by atoms with Gasteiger partial charge in [0.25, 0.3) is 0 Å². The molecule has 0 bridgehead atoms. The lowest BCUT2D eigenvalue weighted by Crippen LogP contribution is -2.24. The highest BCUT2D eigenvalue weighted by Gasteiger charge is 2.11. The molecule has 0 aliphatic rings. The minimum Gasteiger partial charge on any atom is -0.351 e. The summed E-state index contributed by atoms with van der Waals surface area (Å²) >= 11 is 1.24. The SMILES string of the molecule is CC(=O)Nc1cccc(-n2cnnc2SCC(=O)NCc2ccc(F)cc2)c1. The summed E-state index contributed by atoms with van der Waals surface area (Å²) < 4.78 is 14.6. The van der Waals surface area contributed by atoms with E-state index in [1.54, 1.807) is 35.2 Å². The van der Waals surface area contributed by atoms with Crippen molar-refractivity contribution in [1.82, 2.24) is 20.1 Å². The van der Waals surface area contributed by atoms with Gasteiger partial charge in [-0.2, -0.15) is 0 Å². The highest BCUT2D eigenvalue weighted by atomic mass is 32.2. The first kappa shape index (κ1) is 19.6. The van der Waals surface area contributed by atoms with Crippen LogP contribution >= 0.6 is 11.8 Å². The third-order valence-corrected chi connectivity index (χ3v) is 4.64. The lowest BCUT2D eigenvalue weighted by Gasteiger charge is -2.09. The van der Waals surface area contributed by atoms with Gasteiger partial charge in [0.15, 0.2) is 5.16 Å². The predicted molar refractivity (Wildman–Crippen MR) is 105 cm³/mol. The summed E-state index contributed by atoms with van der Waals surface area (Å²) in [5, 5.41) is 14.0. The summed E-state index contributed by atoms with van der Waals surface area (Å²) in [5.41, 5.74) is 2.25. The summed E-state index contributed by atoms with van der Waals surface area (Å²) in [7, 11) is 0. The average Bonchev–Trinajstić information content (AvgIpc) is 3.14. The zero-order chi connectivity index (χ0) is 19.9. The first-order valence-electron chi connectivity index (χ1n) is 8.43. The van der Waals surface area contributed by atoms with Crippen molar-refractivity contribution in [3.8, 4) is 5.69 Å². The number of carbonyl (C=O) groups is 2. The monoisotopic (exact) mass is 399 g/mol. The maximum atomic E-state index is 12.9. The lowest BCUT2D eigenvalue weighted by atomic mass is 10.2. The molecule has 7 nitrogen and oxygen atoms in total. The highest BCUT2D eigenvalue weighted by Crippen LogP contribution is 2.21. The molecule has 0 spiro atoms. The molecule has 2 amide bonds. The molecule has 3 aromatic rings. The molecule has 0 radical (unpaired) electrons. The van der Waals surface area contributed by atoms with Crippen LogP contribution in [0.1, 0.15) is 12.5 Å². The minimum atomic E-state index is -0.312. The normalized spacial score (nSPS) is 10.5. The second-order valence-corrected chi connectivity index (χ2v) is 6.85. The van der Waals surface area contributed by atoms with Gasteiger partial charge < -0.3 is 10.6 Å². The Hall–Kier alpha value is -3.20. The Labute approximate surface area is 165 Å². The van der Waals surface area contributed by atoms with Crippen LogP contribution in [0.5, 0.6) is 0 Å². The molecular weight excluding hydrogens is 381 g/mol. The number of rotatable bonds is 7. The molecular formula is C19H18FN5O2S. The number of thioether (sulfide) groups is 1. The largest absolute Gasteiger partial charge is 0.351 e. The Morgan fingerprint density at radius 1 is 1.18 bits per heavy atom. The van der Waals surface area contributed by atoms with E-state index in [0.29, 0.717) is 17.4 Å². The Morgan fingerprint density at radius 2 is 1.96 bits per heavy atom. The van der Waals surface area contributed by atoms with Crippen LogP contribution in [0.25, 0.3) is 5.69 Å². The van der Waals surface area contributed by atoms with Crippen LogP contribution in [0.4, 0.5) is 10.1 Å². The van der Waals surface area contributed by atoms with E-state index < -0.39 is 0 Å². The van der Waals surface area contributed by atoms with Crippen LogP contribution in [-0.2, 0) is 16.1 Å². The lowest BCUT2D eigenvalue weighted by molar-refractivity contribution is -0.118. The summed E-state index contributed by atoms with van der Waals surface area (Å²) in [6.45, 7) is 1.77. The number of nitrogens with one attached hydrogen (secondary N) is 2. The summed E-state index contributed by atoms with van der Waals surface area (Å²) in [5.74, 6) is -0.484. The van der Waals surface area contributed by atoms with E-state index in [-0.39, 0.29) is 23.4 Å². The number of hydrogen-bond donors (Lipinski definition) is 2. The van der Waals surface area contributed by atoms with Gasteiger partial charge in [0.05, 0.1) is 11.4 Å². The molecule has 0 atom stereocenters. The van der Waals surface area contributed by atoms with E-state index in [1.165, 1.54) is 30.8 Å². The zero-order valence-corrected chi connectivity index (χ0v) is 15.9. The average molecular weight is 399 g/mol. The number of benzene rings is 2. The summed E-state index contributed by atoms with van der Waals surface area (Å²) in [4.78, 5) is 23.3. The highest BCUT2D eigenvalue weighted by molar-refractivity contribution is 7.99. The molecule has 2 aromatic carbocycles. The van der Waals surface area contributed by atoms with Crippen molar-refractivity contribution in [2.45, 2.75) is 18.6 Å². The van der Waals surface area contributed by atoms with Crippen molar-refractivity contribution in [1.29, 1.82) is 0 Å². The minimum absolute atomic E-state index is 0.158. The molecule has 28 heavy (non-hydrogen) atoms. The molecule has 0 fully saturated rings. The molecule has 9 heteroatoms. The van der Waals surface area contributed by atoms with Gasteiger partial charge in [0.1, 0.15) is 12.1 Å². The van der Waals surface area contributed by atoms with Crippen molar-refractivity contribution in [3.05, 3.63) is 66.2 Å². The van der Waals surface area contributed by atoms with Crippen LogP contribution in [-0.4, -0.2) is 32.3 Å². The van der Waals surface area contributed by atoms with Crippen LogP contribution in [0.15, 0.2) is 60.0 Å². The number of halogens is 1. The van der Waals surface area contributed by atoms with Crippen molar-refractivity contribution in [3.63, 3.8) is 0 Å². The Balaban J connectivity index is 1.59. The fourth-order valence-electron chi connectivity index (χ4n) is 2.42. The first-order valence-corrected chi connectivity index (χ1v) is 9.42. The number of aromatic nitrogens is 3. The van der Waals surface area contributed by atoms with Crippen LogP contribution in [0.2, 0.25) is 0 Å². The third kappa shape index (κ3) is 5.40. The van der Waals surface area contributed by atoms with Crippen LogP contribution in [0, 0.1) is 5.82 Å². The van der Waals surface area contributed by atoms with E-state index in [0.717, 1.165) is 11.3 Å². The number of hydrogen-bond acceptors (Lipinski definition) is 5. The van der Waals surface area contributed by atoms with E-state index in [1.807, 2.05) is 12.1 Å². The summed E-state index contributed by atoms with van der Waals surface area (Å²) in [6.07, 6.45) is 1.55. The summed E-state index contributed by atoms with van der Waals surface area (Å²) in [6, 6.07) is 13.2. The maximum absolute atomic E-state index is 12.9. The molecule has 144 valence electrons. The van der Waals surface area contributed by atoms with Gasteiger partial charge in [-0.25, -0.2) is 4.39 Å². The van der Waals surface area contributed by atoms with E-state index in [9.17, 15) is 14.0 Å². The number of carbonyl (C=O) groups excluding carboxylic acids is 2. The molecule has 0 saturated heterocycles. The maximum Gasteiger partial charge on any atom is 0.230 e. The van der Waals surface area contributed by atoms with Crippen molar-refractivity contribution < 1.29 is 14.0 Å². The van der Waals surface area contributed by atoms with Gasteiger partial charge in [-0.3, -0.25) is 14.2 Å².